The van der Waals surface area contributed by atoms with Gasteiger partial charge in [-0.15, -0.1) is 0 Å². The molecule has 1 aliphatic heterocycles. The third kappa shape index (κ3) is 4.41. The van der Waals surface area contributed by atoms with E-state index < -0.39 is 9.84 Å². The van der Waals surface area contributed by atoms with Crippen molar-refractivity contribution in [2.45, 2.75) is 25.9 Å². The third-order valence-corrected chi connectivity index (χ3v) is 6.44. The van der Waals surface area contributed by atoms with Crippen molar-refractivity contribution in [3.8, 4) is 0 Å². The van der Waals surface area contributed by atoms with Crippen molar-refractivity contribution in [3.05, 3.63) is 70.2 Å². The van der Waals surface area contributed by atoms with Crippen molar-refractivity contribution < 1.29 is 13.2 Å². The first kappa shape index (κ1) is 18.0. The molecule has 0 saturated carbocycles. The van der Waals surface area contributed by atoms with Crippen LogP contribution < -0.4 is 0 Å². The molecule has 1 atom stereocenters. The minimum absolute atomic E-state index is 0.0190. The van der Waals surface area contributed by atoms with E-state index in [4.69, 9.17) is 11.6 Å². The van der Waals surface area contributed by atoms with Gasteiger partial charge in [-0.2, -0.15) is 0 Å². The number of aryl methyl sites for hydroxylation is 1. The summed E-state index contributed by atoms with van der Waals surface area (Å²) in [7, 11) is -3.08. The van der Waals surface area contributed by atoms with Crippen LogP contribution in [0, 0.1) is 6.92 Å². The van der Waals surface area contributed by atoms with E-state index in [0.717, 1.165) is 11.1 Å². The lowest BCUT2D eigenvalue weighted by Gasteiger charge is -2.28. The van der Waals surface area contributed by atoms with Crippen molar-refractivity contribution in [1.82, 2.24) is 4.90 Å². The Labute approximate surface area is 153 Å². The van der Waals surface area contributed by atoms with Crippen LogP contribution in [0.25, 0.3) is 0 Å². The first-order chi connectivity index (χ1) is 11.8. The van der Waals surface area contributed by atoms with Crippen LogP contribution in [-0.4, -0.2) is 36.8 Å². The highest BCUT2D eigenvalue weighted by Gasteiger charge is 2.35. The highest BCUT2D eigenvalue weighted by molar-refractivity contribution is 7.91. The maximum atomic E-state index is 13.0. The fourth-order valence-corrected chi connectivity index (χ4v) is 4.99. The van der Waals surface area contributed by atoms with Gasteiger partial charge in [-0.25, -0.2) is 8.42 Å². The number of hydrogen-bond acceptors (Lipinski definition) is 3. The van der Waals surface area contributed by atoms with Crippen molar-refractivity contribution in [2.75, 3.05) is 11.5 Å². The maximum absolute atomic E-state index is 13.0. The van der Waals surface area contributed by atoms with E-state index in [-0.39, 0.29) is 23.5 Å². The summed E-state index contributed by atoms with van der Waals surface area (Å²) >= 11 is 6.01. The van der Waals surface area contributed by atoms with Crippen LogP contribution in [0.3, 0.4) is 0 Å². The quantitative estimate of drug-likeness (QED) is 0.819. The molecule has 0 radical (unpaired) electrons. The SMILES string of the molecule is Cc1ccc(CN(C(=O)c2cccc(Cl)c2)C2CCS(=O)(=O)C2)cc1. The van der Waals surface area contributed by atoms with E-state index >= 15 is 0 Å². The zero-order chi connectivity index (χ0) is 18.0. The Morgan fingerprint density at radius 2 is 1.92 bits per heavy atom. The second kappa shape index (κ2) is 7.18. The molecule has 1 aliphatic rings. The van der Waals surface area contributed by atoms with E-state index in [2.05, 4.69) is 0 Å². The Morgan fingerprint density at radius 1 is 1.20 bits per heavy atom. The highest BCUT2D eigenvalue weighted by atomic mass is 35.5. The predicted molar refractivity (Wildman–Crippen MR) is 99.6 cm³/mol. The molecule has 2 aromatic rings. The number of nitrogens with zero attached hydrogens (tertiary/aromatic N) is 1. The lowest BCUT2D eigenvalue weighted by Crippen LogP contribution is -2.40. The number of rotatable bonds is 4. The second-order valence-corrected chi connectivity index (χ2v) is 9.15. The van der Waals surface area contributed by atoms with Gasteiger partial charge >= 0.3 is 0 Å². The fourth-order valence-electron chi connectivity index (χ4n) is 3.07. The lowest BCUT2D eigenvalue weighted by atomic mass is 10.1. The highest BCUT2D eigenvalue weighted by Crippen LogP contribution is 2.23. The molecule has 2 aromatic carbocycles. The summed E-state index contributed by atoms with van der Waals surface area (Å²) in [4.78, 5) is 14.7. The lowest BCUT2D eigenvalue weighted by molar-refractivity contribution is 0.0681. The number of amides is 1. The average molecular weight is 378 g/mol. The molecule has 1 fully saturated rings. The summed E-state index contributed by atoms with van der Waals surface area (Å²) < 4.78 is 23.8. The van der Waals surface area contributed by atoms with Gasteiger partial charge in [-0.3, -0.25) is 4.79 Å². The second-order valence-electron chi connectivity index (χ2n) is 6.49. The first-order valence-corrected chi connectivity index (χ1v) is 10.4. The number of benzene rings is 2. The van der Waals surface area contributed by atoms with E-state index in [1.165, 1.54) is 0 Å². The van der Waals surface area contributed by atoms with Crippen molar-refractivity contribution in [1.29, 1.82) is 0 Å². The Balaban J connectivity index is 1.91. The molecule has 1 heterocycles. The normalized spacial score (nSPS) is 18.9. The minimum Gasteiger partial charge on any atom is -0.330 e. The average Bonchev–Trinajstić information content (AvgIpc) is 2.93. The van der Waals surface area contributed by atoms with Gasteiger partial charge in [-0.05, 0) is 37.1 Å². The number of sulfone groups is 1. The van der Waals surface area contributed by atoms with Gasteiger partial charge in [-0.1, -0.05) is 47.5 Å². The summed E-state index contributed by atoms with van der Waals surface area (Å²) in [5.41, 5.74) is 2.59. The molecule has 1 unspecified atom stereocenters. The Bertz CT molecular complexity index is 878. The summed E-state index contributed by atoms with van der Waals surface area (Å²) in [5, 5.41) is 0.486. The van der Waals surface area contributed by atoms with Gasteiger partial charge in [0.1, 0.15) is 0 Å². The van der Waals surface area contributed by atoms with Crippen LogP contribution in [0.5, 0.6) is 0 Å². The smallest absolute Gasteiger partial charge is 0.254 e. The predicted octanol–water partition coefficient (Wildman–Crippen LogP) is 3.48. The summed E-state index contributed by atoms with van der Waals surface area (Å²) in [6.45, 7) is 2.38. The molecular weight excluding hydrogens is 358 g/mol. The Hall–Kier alpha value is -1.85. The molecule has 3 rings (SSSR count). The number of hydrogen-bond donors (Lipinski definition) is 0. The molecule has 6 heteroatoms. The maximum Gasteiger partial charge on any atom is 0.254 e. The fraction of sp³-hybridized carbons (Fsp3) is 0.316. The van der Waals surface area contributed by atoms with Crippen molar-refractivity contribution in [3.63, 3.8) is 0 Å². The molecular formula is C19H20ClNO3S. The van der Waals surface area contributed by atoms with Gasteiger partial charge in [0, 0.05) is 23.2 Å². The largest absolute Gasteiger partial charge is 0.330 e. The van der Waals surface area contributed by atoms with E-state index in [1.807, 2.05) is 31.2 Å². The molecule has 4 nitrogen and oxygen atoms in total. The van der Waals surface area contributed by atoms with Crippen LogP contribution in [0.4, 0.5) is 0 Å². The molecule has 0 bridgehead atoms. The van der Waals surface area contributed by atoms with Crippen LogP contribution in [0.1, 0.15) is 27.9 Å². The summed E-state index contributed by atoms with van der Waals surface area (Å²) in [6, 6.07) is 14.4. The van der Waals surface area contributed by atoms with Crippen LogP contribution >= 0.6 is 11.6 Å². The van der Waals surface area contributed by atoms with Crippen LogP contribution in [-0.2, 0) is 16.4 Å². The minimum atomic E-state index is -3.08. The summed E-state index contributed by atoms with van der Waals surface area (Å²) in [5.74, 6) is -0.0408. The molecule has 132 valence electrons. The van der Waals surface area contributed by atoms with Crippen molar-refractivity contribution >= 4 is 27.3 Å². The van der Waals surface area contributed by atoms with E-state index in [9.17, 15) is 13.2 Å². The molecule has 1 amide bonds. The standard InChI is InChI=1S/C19H20ClNO3S/c1-14-5-7-15(8-6-14)12-21(18-9-10-25(23,24)13-18)19(22)16-3-2-4-17(20)11-16/h2-8,11,18H,9-10,12-13H2,1H3. The van der Waals surface area contributed by atoms with Gasteiger partial charge in [0.25, 0.3) is 5.91 Å². The van der Waals surface area contributed by atoms with E-state index in [1.54, 1.807) is 29.2 Å². The van der Waals surface area contributed by atoms with Gasteiger partial charge in [0.05, 0.1) is 11.5 Å². The van der Waals surface area contributed by atoms with Gasteiger partial charge < -0.3 is 4.90 Å². The molecule has 25 heavy (non-hydrogen) atoms. The molecule has 0 spiro atoms. The monoisotopic (exact) mass is 377 g/mol. The topological polar surface area (TPSA) is 54.5 Å². The number of carbonyl (C=O) groups excluding carboxylic acids is 1. The first-order valence-electron chi connectivity index (χ1n) is 8.16. The number of carbonyl (C=O) groups is 1. The summed E-state index contributed by atoms with van der Waals surface area (Å²) in [6.07, 6.45) is 0.473. The Kier molecular flexibility index (Phi) is 5.16. The Morgan fingerprint density at radius 3 is 2.52 bits per heavy atom. The molecule has 0 aromatic heterocycles. The van der Waals surface area contributed by atoms with Gasteiger partial charge in [0.2, 0.25) is 0 Å². The molecule has 0 N–H and O–H groups in total. The van der Waals surface area contributed by atoms with Gasteiger partial charge in [0.15, 0.2) is 9.84 Å². The zero-order valence-electron chi connectivity index (χ0n) is 14.0. The third-order valence-electron chi connectivity index (χ3n) is 4.46. The number of halogens is 1. The van der Waals surface area contributed by atoms with E-state index in [0.29, 0.717) is 23.6 Å². The molecule has 1 saturated heterocycles. The zero-order valence-corrected chi connectivity index (χ0v) is 15.6. The van der Waals surface area contributed by atoms with Crippen LogP contribution in [0.2, 0.25) is 5.02 Å². The van der Waals surface area contributed by atoms with Crippen molar-refractivity contribution in [2.24, 2.45) is 0 Å². The molecule has 0 aliphatic carbocycles. The van der Waals surface area contributed by atoms with Crippen LogP contribution in [0.15, 0.2) is 48.5 Å².